The fraction of sp³-hybridized carbons (Fsp3) is 0.455. The lowest BCUT2D eigenvalue weighted by atomic mass is 9.93. The van der Waals surface area contributed by atoms with Crippen molar-refractivity contribution in [1.29, 1.82) is 0 Å². The van der Waals surface area contributed by atoms with E-state index in [4.69, 9.17) is 0 Å². The molecule has 0 spiro atoms. The lowest BCUT2D eigenvalue weighted by Crippen LogP contribution is -2.14. The molecule has 0 fully saturated rings. The minimum Gasteiger partial charge on any atom is -0.507 e. The first-order valence-corrected chi connectivity index (χ1v) is 11.0. The number of hydrogen-bond donors (Lipinski definition) is 2. The minimum atomic E-state index is -0.201. The standard InChI is InChI=1S/C22H28N4O3S/c1-4-23-18-10-7-14(13-24-18)20(28)16-8-9-17-22(21(16)29)30-19(25-17)12-15(27)6-5-11-26(2)3/h7,10,13,28H,4-6,8-9,11-12H2,1-3H3,(H,23,24)/b20-16-. The Balaban J connectivity index is 1.72. The number of allylic oxidation sites excluding steroid dienone is 1. The van der Waals surface area contributed by atoms with E-state index in [9.17, 15) is 14.7 Å². The van der Waals surface area contributed by atoms with Crippen molar-refractivity contribution >= 4 is 34.5 Å². The summed E-state index contributed by atoms with van der Waals surface area (Å²) in [6.07, 6.45) is 4.16. The SMILES string of the molecule is CCNc1ccc(/C(O)=C2\CCc3nc(CC(=O)CCCN(C)C)sc3C2=O)cn1. The summed E-state index contributed by atoms with van der Waals surface area (Å²) in [5.74, 6) is 0.628. The van der Waals surface area contributed by atoms with Crippen molar-refractivity contribution in [3.05, 3.63) is 45.0 Å². The predicted octanol–water partition coefficient (Wildman–Crippen LogP) is 3.52. The molecule has 2 aromatic rings. The Morgan fingerprint density at radius 2 is 2.10 bits per heavy atom. The van der Waals surface area contributed by atoms with Gasteiger partial charge in [-0.2, -0.15) is 0 Å². The number of carbonyl (C=O) groups excluding carboxylic acids is 2. The maximum Gasteiger partial charge on any atom is 0.204 e. The van der Waals surface area contributed by atoms with Gasteiger partial charge in [0.15, 0.2) is 0 Å². The van der Waals surface area contributed by atoms with Crippen LogP contribution >= 0.6 is 11.3 Å². The van der Waals surface area contributed by atoms with E-state index in [1.54, 1.807) is 18.3 Å². The number of nitrogens with one attached hydrogen (secondary N) is 1. The van der Waals surface area contributed by atoms with Gasteiger partial charge in [0.05, 0.1) is 17.0 Å². The summed E-state index contributed by atoms with van der Waals surface area (Å²) in [6, 6.07) is 3.53. The van der Waals surface area contributed by atoms with Crippen LogP contribution in [0.1, 0.15) is 52.1 Å². The number of carbonyl (C=O) groups is 2. The maximum absolute atomic E-state index is 13.0. The third-order valence-corrected chi connectivity index (χ3v) is 6.02. The number of ketones is 2. The van der Waals surface area contributed by atoms with Crippen LogP contribution in [0, 0.1) is 0 Å². The number of pyridine rings is 1. The average molecular weight is 429 g/mol. The van der Waals surface area contributed by atoms with Gasteiger partial charge in [0.25, 0.3) is 0 Å². The summed E-state index contributed by atoms with van der Waals surface area (Å²) in [7, 11) is 3.97. The third-order valence-electron chi connectivity index (χ3n) is 4.92. The van der Waals surface area contributed by atoms with Crippen LogP contribution in [0.25, 0.3) is 5.76 Å². The van der Waals surface area contributed by atoms with E-state index >= 15 is 0 Å². The molecule has 2 heterocycles. The molecule has 2 N–H and O–H groups in total. The molecule has 0 bridgehead atoms. The number of aryl methyl sites for hydroxylation is 1. The molecular formula is C22H28N4O3S. The van der Waals surface area contributed by atoms with Crippen LogP contribution in [0.4, 0.5) is 5.82 Å². The van der Waals surface area contributed by atoms with Gasteiger partial charge >= 0.3 is 0 Å². The normalized spacial score (nSPS) is 15.3. The number of hydrogen-bond acceptors (Lipinski definition) is 8. The van der Waals surface area contributed by atoms with Crippen LogP contribution in [0.2, 0.25) is 0 Å². The number of thiazole rings is 1. The molecule has 0 aromatic carbocycles. The fourth-order valence-corrected chi connectivity index (χ4v) is 4.49. The first-order chi connectivity index (χ1) is 14.4. The van der Waals surface area contributed by atoms with Crippen LogP contribution in [0.3, 0.4) is 0 Å². The zero-order chi connectivity index (χ0) is 21.7. The monoisotopic (exact) mass is 428 g/mol. The molecule has 0 aliphatic heterocycles. The quantitative estimate of drug-likeness (QED) is 0.466. The highest BCUT2D eigenvalue weighted by molar-refractivity contribution is 7.14. The second-order valence-electron chi connectivity index (χ2n) is 7.62. The highest BCUT2D eigenvalue weighted by atomic mass is 32.1. The Bertz CT molecular complexity index is 948. The number of aliphatic hydroxyl groups excluding tert-OH is 1. The molecule has 160 valence electrons. The van der Waals surface area contributed by atoms with Gasteiger partial charge in [-0.3, -0.25) is 9.59 Å². The molecule has 2 aromatic heterocycles. The van der Waals surface area contributed by atoms with Crippen LogP contribution in [0.15, 0.2) is 23.9 Å². The zero-order valence-corrected chi connectivity index (χ0v) is 18.5. The van der Waals surface area contributed by atoms with E-state index in [-0.39, 0.29) is 23.7 Å². The number of fused-ring (bicyclic) bond motifs is 1. The van der Waals surface area contributed by atoms with Crippen molar-refractivity contribution in [3.63, 3.8) is 0 Å². The number of Topliss-reactive ketones (excluding diaryl/α,β-unsaturated/α-hetero) is 2. The molecule has 0 amide bonds. The summed E-state index contributed by atoms with van der Waals surface area (Å²) in [6.45, 7) is 3.61. The number of nitrogens with zero attached hydrogens (tertiary/aromatic N) is 3. The van der Waals surface area contributed by atoms with Crippen molar-refractivity contribution < 1.29 is 14.7 Å². The number of aliphatic hydroxyl groups is 1. The smallest absolute Gasteiger partial charge is 0.204 e. The first-order valence-electron chi connectivity index (χ1n) is 10.2. The second kappa shape index (κ2) is 9.95. The molecular weight excluding hydrogens is 400 g/mol. The number of rotatable bonds is 9. The molecule has 0 saturated heterocycles. The summed E-state index contributed by atoms with van der Waals surface area (Å²) in [5.41, 5.74) is 1.63. The van der Waals surface area contributed by atoms with Crippen LogP contribution in [-0.2, 0) is 17.6 Å². The topological polar surface area (TPSA) is 95.4 Å². The van der Waals surface area contributed by atoms with E-state index in [1.807, 2.05) is 21.0 Å². The summed E-state index contributed by atoms with van der Waals surface area (Å²) >= 11 is 1.27. The van der Waals surface area contributed by atoms with Crippen molar-refractivity contribution in [2.45, 2.75) is 39.0 Å². The molecule has 3 rings (SSSR count). The highest BCUT2D eigenvalue weighted by Crippen LogP contribution is 2.33. The fourth-order valence-electron chi connectivity index (χ4n) is 3.39. The van der Waals surface area contributed by atoms with E-state index < -0.39 is 0 Å². The van der Waals surface area contributed by atoms with Gasteiger partial charge in [-0.05, 0) is 59.0 Å². The van der Waals surface area contributed by atoms with Crippen molar-refractivity contribution in [2.75, 3.05) is 32.5 Å². The molecule has 30 heavy (non-hydrogen) atoms. The Hall–Kier alpha value is -2.58. The second-order valence-corrected chi connectivity index (χ2v) is 8.71. The molecule has 0 radical (unpaired) electrons. The maximum atomic E-state index is 13.0. The van der Waals surface area contributed by atoms with Crippen molar-refractivity contribution in [1.82, 2.24) is 14.9 Å². The van der Waals surface area contributed by atoms with Gasteiger partial charge in [0.2, 0.25) is 5.78 Å². The van der Waals surface area contributed by atoms with Gasteiger partial charge in [-0.15, -0.1) is 11.3 Å². The third kappa shape index (κ3) is 5.31. The van der Waals surface area contributed by atoms with Crippen molar-refractivity contribution in [3.8, 4) is 0 Å². The number of aromatic nitrogens is 2. The lowest BCUT2D eigenvalue weighted by Gasteiger charge is -2.14. The first kappa shape index (κ1) is 22.1. The molecule has 0 atom stereocenters. The Labute approximate surface area is 180 Å². The molecule has 7 nitrogen and oxygen atoms in total. The van der Waals surface area contributed by atoms with E-state index in [2.05, 4.69) is 20.2 Å². The molecule has 0 unspecified atom stereocenters. The highest BCUT2D eigenvalue weighted by Gasteiger charge is 2.29. The molecule has 1 aliphatic rings. The minimum absolute atomic E-state index is 0.0316. The zero-order valence-electron chi connectivity index (χ0n) is 17.7. The summed E-state index contributed by atoms with van der Waals surface area (Å²) in [5, 5.41) is 14.5. The van der Waals surface area contributed by atoms with Gasteiger partial charge in [-0.1, -0.05) is 0 Å². The predicted molar refractivity (Wildman–Crippen MR) is 119 cm³/mol. The van der Waals surface area contributed by atoms with E-state index in [0.29, 0.717) is 40.3 Å². The van der Waals surface area contributed by atoms with E-state index in [1.165, 1.54) is 11.3 Å². The van der Waals surface area contributed by atoms with Crippen molar-refractivity contribution in [2.24, 2.45) is 0 Å². The van der Waals surface area contributed by atoms with Gasteiger partial charge in [0.1, 0.15) is 22.4 Å². The average Bonchev–Trinajstić information content (AvgIpc) is 3.12. The Kier molecular flexibility index (Phi) is 7.33. The lowest BCUT2D eigenvalue weighted by molar-refractivity contribution is -0.118. The number of anilines is 1. The van der Waals surface area contributed by atoms with E-state index in [0.717, 1.165) is 31.0 Å². The molecule has 8 heteroatoms. The summed E-state index contributed by atoms with van der Waals surface area (Å²) < 4.78 is 0. The largest absolute Gasteiger partial charge is 0.507 e. The van der Waals surface area contributed by atoms with Crippen LogP contribution < -0.4 is 5.32 Å². The molecule has 1 aliphatic carbocycles. The Morgan fingerprint density at radius 1 is 1.30 bits per heavy atom. The summed E-state index contributed by atoms with van der Waals surface area (Å²) in [4.78, 5) is 36.6. The van der Waals surface area contributed by atoms with Gasteiger partial charge in [0, 0.05) is 30.3 Å². The van der Waals surface area contributed by atoms with Gasteiger partial charge < -0.3 is 15.3 Å². The van der Waals surface area contributed by atoms with Gasteiger partial charge in [-0.25, -0.2) is 9.97 Å². The van der Waals surface area contributed by atoms with Crippen LogP contribution in [0.5, 0.6) is 0 Å². The molecule has 0 saturated carbocycles. The Morgan fingerprint density at radius 3 is 2.77 bits per heavy atom. The van der Waals surface area contributed by atoms with Crippen LogP contribution in [-0.4, -0.2) is 58.7 Å².